The maximum absolute atomic E-state index is 13.4. The van der Waals surface area contributed by atoms with E-state index in [1.165, 1.54) is 50.2 Å². The molecule has 0 aliphatic rings. The van der Waals surface area contributed by atoms with Gasteiger partial charge in [-0.1, -0.05) is 24.3 Å². The van der Waals surface area contributed by atoms with Crippen LogP contribution in [0.2, 0.25) is 0 Å². The van der Waals surface area contributed by atoms with Crippen LogP contribution in [0.5, 0.6) is 11.5 Å². The molecule has 192 valence electrons. The standard InChI is InChI=1S/C26H25N3O7S/c1-34-13-5-12-29-24(31)21(14-17-6-4-7-20(35-2)22(17)36-3)37-25(29)19(15-27)23(30)28-18-10-8-16(9-11-18)26(32)33/h4,6-11,14H,5,12-13H2,1-3H3,(H,28,30)(H,32,33)/p-1/b21-14-,25-19+. The highest BCUT2D eigenvalue weighted by Crippen LogP contribution is 2.30. The summed E-state index contributed by atoms with van der Waals surface area (Å²) >= 11 is 1.00. The Bertz CT molecular complexity index is 1520. The lowest BCUT2D eigenvalue weighted by Crippen LogP contribution is -2.34. The van der Waals surface area contributed by atoms with Crippen molar-refractivity contribution in [3.8, 4) is 17.6 Å². The van der Waals surface area contributed by atoms with Gasteiger partial charge in [0.25, 0.3) is 11.5 Å². The average Bonchev–Trinajstić information content (AvgIpc) is 3.19. The van der Waals surface area contributed by atoms with Crippen LogP contribution < -0.4 is 34.7 Å². The Balaban J connectivity index is 2.15. The fraction of sp³-hybridized carbons (Fsp3) is 0.231. The van der Waals surface area contributed by atoms with Gasteiger partial charge in [0.2, 0.25) is 0 Å². The molecule has 1 heterocycles. The predicted octanol–water partition coefficient (Wildman–Crippen LogP) is 0.469. The van der Waals surface area contributed by atoms with Gasteiger partial charge >= 0.3 is 0 Å². The number of rotatable bonds is 10. The van der Waals surface area contributed by atoms with Crippen LogP contribution >= 0.6 is 11.3 Å². The molecule has 0 unspecified atom stereocenters. The third-order valence-electron chi connectivity index (χ3n) is 5.29. The molecule has 3 rings (SSSR count). The van der Waals surface area contributed by atoms with Gasteiger partial charge in [-0.15, -0.1) is 11.3 Å². The van der Waals surface area contributed by atoms with E-state index in [1.807, 2.05) is 6.07 Å². The van der Waals surface area contributed by atoms with Crippen LogP contribution in [0.15, 0.2) is 47.3 Å². The molecular formula is C26H24N3O7S-. The van der Waals surface area contributed by atoms with Gasteiger partial charge in [-0.25, -0.2) is 0 Å². The number of carboxylic acid groups (broad SMARTS) is 1. The molecule has 0 aliphatic carbocycles. The van der Waals surface area contributed by atoms with Crippen LogP contribution in [0, 0.1) is 11.3 Å². The third-order valence-corrected chi connectivity index (χ3v) is 6.42. The van der Waals surface area contributed by atoms with E-state index in [9.17, 15) is 24.8 Å². The van der Waals surface area contributed by atoms with Gasteiger partial charge in [-0.3, -0.25) is 14.2 Å². The minimum absolute atomic E-state index is 0.0547. The van der Waals surface area contributed by atoms with Gasteiger partial charge in [0.05, 0.1) is 24.7 Å². The molecule has 0 radical (unpaired) electrons. The molecule has 0 saturated carbocycles. The van der Waals surface area contributed by atoms with Crippen LogP contribution in [0.1, 0.15) is 22.3 Å². The molecule has 0 atom stereocenters. The zero-order valence-corrected chi connectivity index (χ0v) is 21.2. The van der Waals surface area contributed by atoms with Crippen molar-refractivity contribution in [1.82, 2.24) is 4.57 Å². The summed E-state index contributed by atoms with van der Waals surface area (Å²) in [5, 5.41) is 23.4. The zero-order valence-electron chi connectivity index (χ0n) is 20.4. The Labute approximate surface area is 216 Å². The smallest absolute Gasteiger partial charge is 0.269 e. The number of carbonyl (C=O) groups is 2. The Kier molecular flexibility index (Phi) is 9.21. The van der Waals surface area contributed by atoms with Crippen LogP contribution in [0.4, 0.5) is 5.69 Å². The van der Waals surface area contributed by atoms with Gasteiger partial charge in [0, 0.05) is 31.5 Å². The summed E-state index contributed by atoms with van der Waals surface area (Å²) in [6.07, 6.45) is 2.10. The predicted molar refractivity (Wildman–Crippen MR) is 136 cm³/mol. The molecule has 1 amide bonds. The van der Waals surface area contributed by atoms with E-state index in [-0.39, 0.29) is 38.1 Å². The summed E-state index contributed by atoms with van der Waals surface area (Å²) in [5.41, 5.74) is 0.175. The number of para-hydroxylation sites is 1. The molecule has 0 fully saturated rings. The van der Waals surface area contributed by atoms with Crippen LogP contribution in [0.25, 0.3) is 11.6 Å². The van der Waals surface area contributed by atoms with Gasteiger partial charge < -0.3 is 29.4 Å². The number of aromatic nitrogens is 1. The number of nitrogens with zero attached hydrogens (tertiary/aromatic N) is 2. The Morgan fingerprint density at radius 1 is 1.14 bits per heavy atom. The van der Waals surface area contributed by atoms with Crippen LogP contribution in [-0.2, 0) is 16.1 Å². The normalized spacial score (nSPS) is 12.0. The molecule has 2 aromatic carbocycles. The van der Waals surface area contributed by atoms with Gasteiger partial charge in [-0.2, -0.15) is 5.26 Å². The number of carboxylic acids is 1. The van der Waals surface area contributed by atoms with E-state index in [1.54, 1.807) is 24.3 Å². The molecular weight excluding hydrogens is 498 g/mol. The minimum Gasteiger partial charge on any atom is -0.545 e. The Morgan fingerprint density at radius 3 is 2.46 bits per heavy atom. The SMILES string of the molecule is COCCCn1c(=O)/c(=C/c2cccc(OC)c2OC)s/c1=C(\C#N)C(=O)Nc1ccc(C(=O)[O-])cc1. The molecule has 0 bridgehead atoms. The first-order chi connectivity index (χ1) is 17.8. The molecule has 3 aromatic rings. The number of aromatic carboxylic acids is 1. The van der Waals surface area contributed by atoms with Crippen molar-refractivity contribution in [2.45, 2.75) is 13.0 Å². The van der Waals surface area contributed by atoms with Gasteiger partial charge in [0.15, 0.2) is 17.1 Å². The first-order valence-corrected chi connectivity index (χ1v) is 11.8. The van der Waals surface area contributed by atoms with Crippen molar-refractivity contribution in [3.05, 3.63) is 73.1 Å². The van der Waals surface area contributed by atoms with Gasteiger partial charge in [-0.05, 0) is 36.3 Å². The van der Waals surface area contributed by atoms with Crippen LogP contribution in [-0.4, -0.2) is 44.4 Å². The highest BCUT2D eigenvalue weighted by Gasteiger charge is 2.17. The number of anilines is 1. The second-order valence-corrected chi connectivity index (χ2v) is 8.64. The highest BCUT2D eigenvalue weighted by atomic mass is 32.1. The monoisotopic (exact) mass is 522 g/mol. The number of methoxy groups -OCH3 is 3. The number of nitrogens with one attached hydrogen (secondary N) is 1. The fourth-order valence-corrected chi connectivity index (χ4v) is 4.64. The summed E-state index contributed by atoms with van der Waals surface area (Å²) in [7, 11) is 4.54. The van der Waals surface area contributed by atoms with E-state index in [0.717, 1.165) is 11.3 Å². The number of carbonyl (C=O) groups excluding carboxylic acids is 2. The number of hydrogen-bond acceptors (Lipinski definition) is 9. The van der Waals surface area contributed by atoms with E-state index in [2.05, 4.69) is 5.32 Å². The number of nitriles is 1. The molecule has 11 heteroatoms. The molecule has 10 nitrogen and oxygen atoms in total. The number of amides is 1. The molecule has 0 aliphatic heterocycles. The summed E-state index contributed by atoms with van der Waals surface area (Å²) in [4.78, 5) is 37.3. The summed E-state index contributed by atoms with van der Waals surface area (Å²) < 4.78 is 17.7. The van der Waals surface area contributed by atoms with Gasteiger partial charge in [0.1, 0.15) is 10.7 Å². The molecule has 37 heavy (non-hydrogen) atoms. The molecule has 1 aromatic heterocycles. The van der Waals surface area contributed by atoms with Crippen molar-refractivity contribution < 1.29 is 28.9 Å². The minimum atomic E-state index is -1.35. The van der Waals surface area contributed by atoms with Crippen LogP contribution in [0.3, 0.4) is 0 Å². The van der Waals surface area contributed by atoms with Crippen molar-refractivity contribution in [3.63, 3.8) is 0 Å². The maximum atomic E-state index is 13.4. The van der Waals surface area contributed by atoms with Crippen molar-refractivity contribution in [1.29, 1.82) is 5.26 Å². The summed E-state index contributed by atoms with van der Waals surface area (Å²) in [5.74, 6) is -1.16. The van der Waals surface area contributed by atoms with E-state index in [4.69, 9.17) is 14.2 Å². The largest absolute Gasteiger partial charge is 0.545 e. The van der Waals surface area contributed by atoms with E-state index >= 15 is 0 Å². The summed E-state index contributed by atoms with van der Waals surface area (Å²) in [6, 6.07) is 12.5. The lowest BCUT2D eigenvalue weighted by Gasteiger charge is -2.09. The number of thiazole rings is 1. The molecule has 0 spiro atoms. The fourth-order valence-electron chi connectivity index (χ4n) is 3.52. The van der Waals surface area contributed by atoms with Crippen molar-refractivity contribution in [2.24, 2.45) is 0 Å². The Hall–Kier alpha value is -4.40. The van der Waals surface area contributed by atoms with E-state index < -0.39 is 11.9 Å². The lowest BCUT2D eigenvalue weighted by atomic mass is 10.2. The Morgan fingerprint density at radius 2 is 1.86 bits per heavy atom. The van der Waals surface area contributed by atoms with Crippen molar-refractivity contribution >= 4 is 40.5 Å². The zero-order chi connectivity index (χ0) is 26.9. The maximum Gasteiger partial charge on any atom is 0.269 e. The lowest BCUT2D eigenvalue weighted by molar-refractivity contribution is -0.255. The highest BCUT2D eigenvalue weighted by molar-refractivity contribution is 7.07. The van der Waals surface area contributed by atoms with Crippen molar-refractivity contribution in [2.75, 3.05) is 33.3 Å². The number of benzene rings is 2. The third kappa shape index (κ3) is 6.24. The second-order valence-electron chi connectivity index (χ2n) is 7.61. The molecule has 0 saturated heterocycles. The summed E-state index contributed by atoms with van der Waals surface area (Å²) in [6.45, 7) is 0.601. The topological polar surface area (TPSA) is 143 Å². The number of hydrogen-bond donors (Lipinski definition) is 1. The average molecular weight is 523 g/mol. The molecule has 1 N–H and O–H groups in total. The second kappa shape index (κ2) is 12.5. The quantitative estimate of drug-likeness (QED) is 0.379. The first kappa shape index (κ1) is 27.2. The first-order valence-electron chi connectivity index (χ1n) is 11.0. The number of ether oxygens (including phenoxy) is 3. The van der Waals surface area contributed by atoms with E-state index in [0.29, 0.717) is 30.1 Å².